The van der Waals surface area contributed by atoms with Gasteiger partial charge in [-0.2, -0.15) is 13.2 Å². The van der Waals surface area contributed by atoms with Crippen LogP contribution in [0.4, 0.5) is 24.5 Å². The van der Waals surface area contributed by atoms with Gasteiger partial charge < -0.3 is 10.2 Å². The highest BCUT2D eigenvalue weighted by Gasteiger charge is 2.33. The number of anilines is 1. The fourth-order valence-corrected chi connectivity index (χ4v) is 1.75. The first kappa shape index (κ1) is 16.7. The number of alkyl halides is 3. The van der Waals surface area contributed by atoms with E-state index in [0.29, 0.717) is 4.90 Å². The fraction of sp³-hybridized carbons (Fsp3) is 0.417. The molecule has 0 atom stereocenters. The van der Waals surface area contributed by atoms with Crippen LogP contribution in [0.15, 0.2) is 18.2 Å². The van der Waals surface area contributed by atoms with Gasteiger partial charge in [-0.05, 0) is 13.0 Å². The Morgan fingerprint density at radius 3 is 2.48 bits per heavy atom. The summed E-state index contributed by atoms with van der Waals surface area (Å²) < 4.78 is 37.3. The van der Waals surface area contributed by atoms with Crippen LogP contribution in [-0.2, 0) is 0 Å². The molecule has 0 saturated heterocycles. The van der Waals surface area contributed by atoms with Crippen molar-refractivity contribution in [1.29, 1.82) is 0 Å². The van der Waals surface area contributed by atoms with Crippen molar-refractivity contribution in [2.45, 2.75) is 13.1 Å². The first-order chi connectivity index (χ1) is 9.69. The van der Waals surface area contributed by atoms with E-state index in [1.54, 1.807) is 0 Å². The van der Waals surface area contributed by atoms with E-state index >= 15 is 0 Å². The second-order valence-electron chi connectivity index (χ2n) is 4.17. The zero-order valence-electron chi connectivity index (χ0n) is 11.4. The second-order valence-corrected chi connectivity index (χ2v) is 4.17. The van der Waals surface area contributed by atoms with Crippen LogP contribution in [0.3, 0.4) is 0 Å². The SMILES string of the molecule is CCN(CC(F)(F)F)C(=O)c1cc([N+](=O)[O-])ccc1NC. The summed E-state index contributed by atoms with van der Waals surface area (Å²) in [7, 11) is 1.47. The molecule has 0 radical (unpaired) electrons. The Hall–Kier alpha value is -2.32. The molecule has 0 fully saturated rings. The van der Waals surface area contributed by atoms with Gasteiger partial charge in [-0.1, -0.05) is 0 Å². The highest BCUT2D eigenvalue weighted by Crippen LogP contribution is 2.25. The maximum Gasteiger partial charge on any atom is 0.406 e. The average Bonchev–Trinajstić information content (AvgIpc) is 2.42. The molecular formula is C12H14F3N3O3. The van der Waals surface area contributed by atoms with Gasteiger partial charge in [-0.15, -0.1) is 0 Å². The van der Waals surface area contributed by atoms with E-state index in [1.807, 2.05) is 0 Å². The first-order valence-corrected chi connectivity index (χ1v) is 6.01. The summed E-state index contributed by atoms with van der Waals surface area (Å²) in [6.45, 7) is -0.168. The minimum atomic E-state index is -4.54. The van der Waals surface area contributed by atoms with Crippen LogP contribution in [-0.4, -0.2) is 42.0 Å². The van der Waals surface area contributed by atoms with Gasteiger partial charge in [-0.3, -0.25) is 14.9 Å². The molecule has 21 heavy (non-hydrogen) atoms. The van der Waals surface area contributed by atoms with Crippen molar-refractivity contribution in [2.24, 2.45) is 0 Å². The van der Waals surface area contributed by atoms with Gasteiger partial charge in [0, 0.05) is 31.4 Å². The van der Waals surface area contributed by atoms with Gasteiger partial charge in [0.05, 0.1) is 10.5 Å². The predicted molar refractivity (Wildman–Crippen MR) is 70.3 cm³/mol. The summed E-state index contributed by atoms with van der Waals surface area (Å²) in [6, 6.07) is 3.42. The lowest BCUT2D eigenvalue weighted by molar-refractivity contribution is -0.384. The van der Waals surface area contributed by atoms with Crippen molar-refractivity contribution in [1.82, 2.24) is 4.90 Å². The largest absolute Gasteiger partial charge is 0.406 e. The van der Waals surface area contributed by atoms with Crippen molar-refractivity contribution in [3.8, 4) is 0 Å². The molecule has 1 N–H and O–H groups in total. The van der Waals surface area contributed by atoms with E-state index in [4.69, 9.17) is 0 Å². The summed E-state index contributed by atoms with van der Waals surface area (Å²) in [5.74, 6) is -0.914. The number of nitro groups is 1. The standard InChI is InChI=1S/C12H14F3N3O3/c1-3-17(7-12(13,14)15)11(19)9-6-8(18(20)21)4-5-10(9)16-2/h4-6,16H,3,7H2,1-2H3. The maximum absolute atomic E-state index is 12.4. The van der Waals surface area contributed by atoms with E-state index in [0.717, 1.165) is 6.07 Å². The highest BCUT2D eigenvalue weighted by atomic mass is 19.4. The number of nitrogens with zero attached hydrogens (tertiary/aromatic N) is 2. The van der Waals surface area contributed by atoms with Gasteiger partial charge in [-0.25, -0.2) is 0 Å². The number of carbonyl (C=O) groups excluding carboxylic acids is 1. The van der Waals surface area contributed by atoms with E-state index < -0.39 is 23.6 Å². The fourth-order valence-electron chi connectivity index (χ4n) is 1.75. The van der Waals surface area contributed by atoms with Crippen LogP contribution in [0, 0.1) is 10.1 Å². The summed E-state index contributed by atoms with van der Waals surface area (Å²) >= 11 is 0. The monoisotopic (exact) mass is 305 g/mol. The molecule has 0 aliphatic carbocycles. The third-order valence-corrected chi connectivity index (χ3v) is 2.75. The first-order valence-electron chi connectivity index (χ1n) is 6.01. The van der Waals surface area contributed by atoms with Crippen LogP contribution in [0.25, 0.3) is 0 Å². The number of non-ortho nitro benzene ring substituents is 1. The summed E-state index contributed by atoms with van der Waals surface area (Å²) in [6.07, 6.45) is -4.54. The van der Waals surface area contributed by atoms with Crippen LogP contribution >= 0.6 is 0 Å². The normalized spacial score (nSPS) is 11.1. The highest BCUT2D eigenvalue weighted by molar-refractivity contribution is 6.00. The van der Waals surface area contributed by atoms with Gasteiger partial charge in [0.25, 0.3) is 11.6 Å². The summed E-state index contributed by atoms with van der Waals surface area (Å²) in [4.78, 5) is 22.8. The van der Waals surface area contributed by atoms with Crippen LogP contribution in [0.5, 0.6) is 0 Å². The lowest BCUT2D eigenvalue weighted by Gasteiger charge is -2.23. The topological polar surface area (TPSA) is 75.5 Å². The van der Waals surface area contributed by atoms with E-state index in [-0.39, 0.29) is 23.5 Å². The number of nitro benzene ring substituents is 1. The third-order valence-electron chi connectivity index (χ3n) is 2.75. The van der Waals surface area contributed by atoms with Crippen molar-refractivity contribution in [3.63, 3.8) is 0 Å². The number of carbonyl (C=O) groups is 1. The Bertz CT molecular complexity index is 546. The second kappa shape index (κ2) is 6.42. The molecule has 0 spiro atoms. The summed E-state index contributed by atoms with van der Waals surface area (Å²) in [5, 5.41) is 13.4. The van der Waals surface area contributed by atoms with E-state index in [2.05, 4.69) is 5.32 Å². The average molecular weight is 305 g/mol. The van der Waals surface area contributed by atoms with Crippen molar-refractivity contribution in [3.05, 3.63) is 33.9 Å². The van der Waals surface area contributed by atoms with Crippen LogP contribution in [0.2, 0.25) is 0 Å². The Labute approximate surface area is 118 Å². The minimum absolute atomic E-state index is 0.163. The Kier molecular flexibility index (Phi) is 5.12. The smallest absolute Gasteiger partial charge is 0.387 e. The molecule has 1 amide bonds. The quantitative estimate of drug-likeness (QED) is 0.670. The molecule has 0 bridgehead atoms. The molecular weight excluding hydrogens is 291 g/mol. The Balaban J connectivity index is 3.19. The molecule has 0 aliphatic rings. The molecule has 0 aromatic heterocycles. The van der Waals surface area contributed by atoms with Crippen LogP contribution in [0.1, 0.15) is 17.3 Å². The molecule has 6 nitrogen and oxygen atoms in total. The number of rotatable bonds is 5. The van der Waals surface area contributed by atoms with Crippen molar-refractivity contribution >= 4 is 17.3 Å². The van der Waals surface area contributed by atoms with Gasteiger partial charge in [0.2, 0.25) is 0 Å². The molecule has 0 unspecified atom stereocenters. The summed E-state index contributed by atoms with van der Waals surface area (Å²) in [5.41, 5.74) is -0.301. The number of amides is 1. The number of benzene rings is 1. The number of halogens is 3. The molecule has 0 saturated carbocycles. The Morgan fingerprint density at radius 2 is 2.05 bits per heavy atom. The van der Waals surface area contributed by atoms with Gasteiger partial charge in [0.15, 0.2) is 0 Å². The molecule has 9 heteroatoms. The number of hydrogen-bond donors (Lipinski definition) is 1. The van der Waals surface area contributed by atoms with Crippen molar-refractivity contribution < 1.29 is 22.9 Å². The minimum Gasteiger partial charge on any atom is -0.387 e. The molecule has 1 rings (SSSR count). The number of nitrogens with one attached hydrogen (secondary N) is 1. The lowest BCUT2D eigenvalue weighted by Crippen LogP contribution is -2.39. The zero-order chi connectivity index (χ0) is 16.2. The Morgan fingerprint density at radius 1 is 1.43 bits per heavy atom. The molecule has 0 heterocycles. The molecule has 0 aliphatic heterocycles. The third kappa shape index (κ3) is 4.33. The predicted octanol–water partition coefficient (Wildman–Crippen LogP) is 2.66. The maximum atomic E-state index is 12.4. The van der Waals surface area contributed by atoms with Gasteiger partial charge in [0.1, 0.15) is 6.54 Å². The van der Waals surface area contributed by atoms with Gasteiger partial charge >= 0.3 is 6.18 Å². The zero-order valence-corrected chi connectivity index (χ0v) is 11.4. The lowest BCUT2D eigenvalue weighted by atomic mass is 10.1. The van der Waals surface area contributed by atoms with E-state index in [9.17, 15) is 28.1 Å². The molecule has 1 aromatic carbocycles. The van der Waals surface area contributed by atoms with Crippen LogP contribution < -0.4 is 5.32 Å². The van der Waals surface area contributed by atoms with Crippen molar-refractivity contribution in [2.75, 3.05) is 25.5 Å². The molecule has 1 aromatic rings. The van der Waals surface area contributed by atoms with E-state index in [1.165, 1.54) is 26.1 Å². The molecule has 116 valence electrons. The number of hydrogen-bond acceptors (Lipinski definition) is 4.